The van der Waals surface area contributed by atoms with Crippen LogP contribution in [0.4, 0.5) is 11.9 Å². The van der Waals surface area contributed by atoms with Crippen LogP contribution < -0.4 is 21.3 Å². The molecule has 3 aromatic rings. The molecule has 1 amide bonds. The summed E-state index contributed by atoms with van der Waals surface area (Å²) in [6.07, 6.45) is 4.20. The fourth-order valence-electron chi connectivity index (χ4n) is 2.82. The first-order valence-corrected chi connectivity index (χ1v) is 8.20. The zero-order valence-electron chi connectivity index (χ0n) is 14.3. The molecular formula is C17H16N6O4. The molecule has 0 unspecified atom stereocenters. The highest BCUT2D eigenvalue weighted by atomic mass is 16.5. The number of nitrogens with two attached hydrogens (primary N) is 1. The van der Waals surface area contributed by atoms with Crippen LogP contribution in [0.5, 0.6) is 11.5 Å². The van der Waals surface area contributed by atoms with Gasteiger partial charge in [-0.1, -0.05) is 0 Å². The number of benzene rings is 1. The summed E-state index contributed by atoms with van der Waals surface area (Å²) in [7, 11) is 1.37. The van der Waals surface area contributed by atoms with Gasteiger partial charge in [-0.05, 0) is 25.0 Å². The second-order valence-electron chi connectivity index (χ2n) is 6.14. The molecule has 1 fully saturated rings. The van der Waals surface area contributed by atoms with Gasteiger partial charge in [0.2, 0.25) is 11.9 Å². The summed E-state index contributed by atoms with van der Waals surface area (Å²) in [4.78, 5) is 37.4. The van der Waals surface area contributed by atoms with E-state index in [1.807, 2.05) is 0 Å². The zero-order valence-corrected chi connectivity index (χ0v) is 14.3. The first-order chi connectivity index (χ1) is 13.0. The van der Waals surface area contributed by atoms with Gasteiger partial charge in [0.25, 0.3) is 11.5 Å². The van der Waals surface area contributed by atoms with E-state index in [1.54, 1.807) is 0 Å². The maximum atomic E-state index is 13.0. The van der Waals surface area contributed by atoms with Gasteiger partial charge in [0.1, 0.15) is 5.52 Å². The number of carbonyl (C=O) groups is 1. The third-order valence-electron chi connectivity index (χ3n) is 4.28. The maximum Gasteiger partial charge on any atom is 0.263 e. The van der Waals surface area contributed by atoms with Crippen molar-refractivity contribution in [2.75, 3.05) is 18.2 Å². The van der Waals surface area contributed by atoms with Crippen molar-refractivity contribution in [2.24, 2.45) is 0 Å². The number of aromatic hydroxyl groups is 1. The first kappa shape index (κ1) is 16.8. The van der Waals surface area contributed by atoms with Crippen molar-refractivity contribution in [1.29, 1.82) is 0 Å². The molecule has 1 saturated carbocycles. The van der Waals surface area contributed by atoms with Crippen LogP contribution >= 0.6 is 0 Å². The average Bonchev–Trinajstić information content (AvgIpc) is 3.47. The number of hydrogen-bond acceptors (Lipinski definition) is 8. The predicted octanol–water partition coefficient (Wildman–Crippen LogP) is 1.07. The number of aromatic nitrogens is 4. The van der Waals surface area contributed by atoms with Crippen LogP contribution in [0.25, 0.3) is 10.9 Å². The third kappa shape index (κ3) is 2.90. The molecule has 0 radical (unpaired) electrons. The molecule has 4 N–H and O–H groups in total. The molecule has 138 valence electrons. The quantitative estimate of drug-likeness (QED) is 0.620. The Hall–Kier alpha value is -3.69. The zero-order chi connectivity index (χ0) is 19.1. The summed E-state index contributed by atoms with van der Waals surface area (Å²) in [5.74, 6) is -0.495. The SMILES string of the molecule is COc1c(O)ccc2c(=O)n(C3CC3)c(NC(=O)c3cnc(N)nc3)nc12. The molecule has 1 aromatic carbocycles. The molecule has 10 nitrogen and oxygen atoms in total. The van der Waals surface area contributed by atoms with Gasteiger partial charge in [0.05, 0.1) is 18.1 Å². The standard InChI is InChI=1S/C17H16N6O4/c1-27-13-11(24)5-4-10-12(13)21-17(23(15(10)26)9-2-3-9)22-14(25)8-6-19-16(18)20-7-8/h4-7,9,24H,2-3H2,1H3,(H2,18,19,20)(H,21,22,25). The van der Waals surface area contributed by atoms with E-state index in [0.717, 1.165) is 12.8 Å². The lowest BCUT2D eigenvalue weighted by molar-refractivity contribution is 0.102. The maximum absolute atomic E-state index is 13.0. The number of nitrogen functional groups attached to an aromatic ring is 1. The lowest BCUT2D eigenvalue weighted by Gasteiger charge is -2.15. The molecular weight excluding hydrogens is 352 g/mol. The van der Waals surface area contributed by atoms with Crippen molar-refractivity contribution in [3.63, 3.8) is 0 Å². The molecule has 1 aliphatic rings. The summed E-state index contributed by atoms with van der Waals surface area (Å²) in [6.45, 7) is 0. The second-order valence-corrected chi connectivity index (χ2v) is 6.14. The summed E-state index contributed by atoms with van der Waals surface area (Å²) in [5.41, 5.74) is 5.46. The Morgan fingerprint density at radius 2 is 2.04 bits per heavy atom. The fourth-order valence-corrected chi connectivity index (χ4v) is 2.82. The molecule has 10 heteroatoms. The highest BCUT2D eigenvalue weighted by molar-refractivity contribution is 6.03. The average molecular weight is 368 g/mol. The number of nitrogens with zero attached hydrogens (tertiary/aromatic N) is 4. The topological polar surface area (TPSA) is 145 Å². The predicted molar refractivity (Wildman–Crippen MR) is 96.9 cm³/mol. The number of phenols is 1. The van der Waals surface area contributed by atoms with Gasteiger partial charge < -0.3 is 15.6 Å². The highest BCUT2D eigenvalue weighted by Crippen LogP contribution is 2.38. The smallest absolute Gasteiger partial charge is 0.263 e. The fraction of sp³-hybridized carbons (Fsp3) is 0.235. The van der Waals surface area contributed by atoms with Crippen molar-refractivity contribution in [1.82, 2.24) is 19.5 Å². The summed E-state index contributed by atoms with van der Waals surface area (Å²) in [5, 5.41) is 12.9. The lowest BCUT2D eigenvalue weighted by atomic mass is 10.2. The van der Waals surface area contributed by atoms with Crippen molar-refractivity contribution in [3.05, 3.63) is 40.4 Å². The van der Waals surface area contributed by atoms with Crippen molar-refractivity contribution in [2.45, 2.75) is 18.9 Å². The molecule has 0 aliphatic heterocycles. The van der Waals surface area contributed by atoms with Gasteiger partial charge >= 0.3 is 0 Å². The molecule has 0 bridgehead atoms. The Kier molecular flexibility index (Phi) is 3.87. The second kappa shape index (κ2) is 6.24. The Bertz CT molecular complexity index is 1110. The van der Waals surface area contributed by atoms with Gasteiger partial charge in [0, 0.05) is 18.4 Å². The number of hydrogen-bond donors (Lipinski definition) is 3. The largest absolute Gasteiger partial charge is 0.504 e. The molecule has 0 atom stereocenters. The minimum absolute atomic E-state index is 0.0350. The van der Waals surface area contributed by atoms with Crippen molar-refractivity contribution in [3.8, 4) is 11.5 Å². The number of carbonyl (C=O) groups excluding carboxylic acids is 1. The molecule has 2 heterocycles. The molecule has 2 aromatic heterocycles. The van der Waals surface area contributed by atoms with Crippen molar-refractivity contribution < 1.29 is 14.6 Å². The van der Waals surface area contributed by atoms with Crippen LogP contribution in [-0.4, -0.2) is 37.6 Å². The van der Waals surface area contributed by atoms with Gasteiger partial charge in [-0.3, -0.25) is 19.5 Å². The van der Waals surface area contributed by atoms with E-state index in [-0.39, 0.29) is 46.1 Å². The highest BCUT2D eigenvalue weighted by Gasteiger charge is 2.30. The van der Waals surface area contributed by atoms with Crippen LogP contribution in [0, 0.1) is 0 Å². The minimum Gasteiger partial charge on any atom is -0.504 e. The van der Waals surface area contributed by atoms with Crippen molar-refractivity contribution >= 4 is 28.7 Å². The first-order valence-electron chi connectivity index (χ1n) is 8.20. The summed E-state index contributed by atoms with van der Waals surface area (Å²) in [6, 6.07) is 2.83. The number of amides is 1. The number of rotatable bonds is 4. The summed E-state index contributed by atoms with van der Waals surface area (Å²) >= 11 is 0. The number of ether oxygens (including phenoxy) is 1. The number of fused-ring (bicyclic) bond motifs is 1. The molecule has 4 rings (SSSR count). The molecule has 0 saturated heterocycles. The number of anilines is 2. The van der Waals surface area contributed by atoms with Gasteiger partial charge in [-0.15, -0.1) is 0 Å². The van der Waals surface area contributed by atoms with Gasteiger partial charge in [-0.25, -0.2) is 15.0 Å². The van der Waals surface area contributed by atoms with Gasteiger partial charge in [-0.2, -0.15) is 0 Å². The Labute approximate surface area is 152 Å². The lowest BCUT2D eigenvalue weighted by Crippen LogP contribution is -2.27. The minimum atomic E-state index is -0.533. The Morgan fingerprint density at radius 3 is 2.67 bits per heavy atom. The van der Waals surface area contributed by atoms with E-state index in [4.69, 9.17) is 10.5 Å². The van der Waals surface area contributed by atoms with E-state index in [9.17, 15) is 14.7 Å². The Morgan fingerprint density at radius 1 is 1.33 bits per heavy atom. The van der Waals surface area contributed by atoms with Gasteiger partial charge in [0.15, 0.2) is 11.5 Å². The van der Waals surface area contributed by atoms with E-state index < -0.39 is 5.91 Å². The third-order valence-corrected chi connectivity index (χ3v) is 4.28. The molecule has 1 aliphatic carbocycles. The van der Waals surface area contributed by atoms with E-state index in [0.29, 0.717) is 5.39 Å². The van der Waals surface area contributed by atoms with E-state index in [2.05, 4.69) is 20.3 Å². The number of nitrogens with one attached hydrogen (secondary N) is 1. The van der Waals surface area contributed by atoms with Crippen LogP contribution in [0.1, 0.15) is 29.2 Å². The van der Waals surface area contributed by atoms with Crippen LogP contribution in [-0.2, 0) is 0 Å². The van der Waals surface area contributed by atoms with E-state index >= 15 is 0 Å². The van der Waals surface area contributed by atoms with Crippen LogP contribution in [0.3, 0.4) is 0 Å². The van der Waals surface area contributed by atoms with Crippen LogP contribution in [0.15, 0.2) is 29.3 Å². The summed E-state index contributed by atoms with van der Waals surface area (Å²) < 4.78 is 6.63. The molecule has 27 heavy (non-hydrogen) atoms. The monoisotopic (exact) mass is 368 g/mol. The number of methoxy groups -OCH3 is 1. The Balaban J connectivity index is 1.85. The molecule has 0 spiro atoms. The van der Waals surface area contributed by atoms with E-state index in [1.165, 1.54) is 36.2 Å². The number of phenolic OH excluding ortho intramolecular Hbond substituents is 1. The van der Waals surface area contributed by atoms with Crippen LogP contribution in [0.2, 0.25) is 0 Å². The normalized spacial score (nSPS) is 13.5.